The number of rotatable bonds is 5. The standard InChI is InChI=1S/C20H26N2O3S2/c1-14-11-15(2)20(16(3)12-14)21-18(23)13-17-7-4-5-9-22(17)27(24,25)19-8-6-10-26-19/h6,8,10-12,17H,4-5,7,9,13H2,1-3H3,(H,21,23)/t17-/m1/s1. The highest BCUT2D eigenvalue weighted by Gasteiger charge is 2.35. The molecule has 1 N–H and O–H groups in total. The quantitative estimate of drug-likeness (QED) is 0.807. The average molecular weight is 407 g/mol. The molecule has 27 heavy (non-hydrogen) atoms. The van der Waals surface area contributed by atoms with Gasteiger partial charge in [0.2, 0.25) is 5.91 Å². The zero-order chi connectivity index (χ0) is 19.6. The monoisotopic (exact) mass is 406 g/mol. The molecule has 0 spiro atoms. The van der Waals surface area contributed by atoms with Crippen molar-refractivity contribution in [3.8, 4) is 0 Å². The van der Waals surface area contributed by atoms with E-state index in [9.17, 15) is 13.2 Å². The van der Waals surface area contributed by atoms with E-state index in [1.807, 2.05) is 32.9 Å². The largest absolute Gasteiger partial charge is 0.326 e. The Bertz CT molecular complexity index is 898. The van der Waals surface area contributed by atoms with Crippen LogP contribution in [0.15, 0.2) is 33.9 Å². The first-order valence-electron chi connectivity index (χ1n) is 9.22. The SMILES string of the molecule is Cc1cc(C)c(NC(=O)C[C@H]2CCCCN2S(=O)(=O)c2cccs2)c(C)c1. The van der Waals surface area contributed by atoms with Gasteiger partial charge in [-0.15, -0.1) is 11.3 Å². The zero-order valence-corrected chi connectivity index (χ0v) is 17.6. The van der Waals surface area contributed by atoms with Crippen LogP contribution in [-0.2, 0) is 14.8 Å². The number of carbonyl (C=O) groups is 1. The number of anilines is 1. The van der Waals surface area contributed by atoms with Gasteiger partial charge in [-0.05, 0) is 56.2 Å². The number of nitrogens with one attached hydrogen (secondary N) is 1. The molecule has 1 saturated heterocycles. The molecule has 1 aliphatic heterocycles. The Labute approximate surface area is 165 Å². The number of amides is 1. The van der Waals surface area contributed by atoms with Crippen LogP contribution in [0.4, 0.5) is 5.69 Å². The van der Waals surface area contributed by atoms with Crippen molar-refractivity contribution >= 4 is 33.0 Å². The summed E-state index contributed by atoms with van der Waals surface area (Å²) in [5, 5.41) is 4.77. The first-order valence-corrected chi connectivity index (χ1v) is 11.5. The van der Waals surface area contributed by atoms with Crippen molar-refractivity contribution in [2.45, 2.75) is 56.7 Å². The second-order valence-electron chi connectivity index (χ2n) is 7.22. The number of benzene rings is 1. The van der Waals surface area contributed by atoms with Crippen molar-refractivity contribution in [2.24, 2.45) is 0 Å². The van der Waals surface area contributed by atoms with Gasteiger partial charge in [0.25, 0.3) is 10.0 Å². The van der Waals surface area contributed by atoms with E-state index in [1.54, 1.807) is 17.5 Å². The maximum absolute atomic E-state index is 12.9. The maximum atomic E-state index is 12.9. The number of nitrogens with zero attached hydrogens (tertiary/aromatic N) is 1. The molecule has 1 amide bonds. The number of carbonyl (C=O) groups excluding carboxylic acids is 1. The van der Waals surface area contributed by atoms with E-state index in [-0.39, 0.29) is 18.4 Å². The van der Waals surface area contributed by atoms with E-state index in [0.29, 0.717) is 17.2 Å². The van der Waals surface area contributed by atoms with Crippen LogP contribution in [0.5, 0.6) is 0 Å². The molecular formula is C20H26N2O3S2. The lowest BCUT2D eigenvalue weighted by Crippen LogP contribution is -2.45. The average Bonchev–Trinajstić information content (AvgIpc) is 3.14. The molecule has 1 aliphatic rings. The fraction of sp³-hybridized carbons (Fsp3) is 0.450. The first kappa shape index (κ1) is 20.0. The van der Waals surface area contributed by atoms with Crippen molar-refractivity contribution in [3.63, 3.8) is 0 Å². The molecule has 0 radical (unpaired) electrons. The molecule has 5 nitrogen and oxygen atoms in total. The number of thiophene rings is 1. The smallest absolute Gasteiger partial charge is 0.252 e. The third-order valence-electron chi connectivity index (χ3n) is 4.99. The summed E-state index contributed by atoms with van der Waals surface area (Å²) in [6.07, 6.45) is 2.66. The second-order valence-corrected chi connectivity index (χ2v) is 10.3. The minimum Gasteiger partial charge on any atom is -0.326 e. The highest BCUT2D eigenvalue weighted by atomic mass is 32.2. The predicted molar refractivity (Wildman–Crippen MR) is 110 cm³/mol. The lowest BCUT2D eigenvalue weighted by Gasteiger charge is -2.34. The fourth-order valence-corrected chi connectivity index (χ4v) is 6.61. The van der Waals surface area contributed by atoms with Gasteiger partial charge in [0.05, 0.1) is 0 Å². The molecule has 0 unspecified atom stereocenters. The van der Waals surface area contributed by atoms with Crippen molar-refractivity contribution < 1.29 is 13.2 Å². The van der Waals surface area contributed by atoms with Crippen LogP contribution in [0.1, 0.15) is 42.4 Å². The Hall–Kier alpha value is -1.70. The van der Waals surface area contributed by atoms with E-state index >= 15 is 0 Å². The third kappa shape index (κ3) is 4.42. The Kier molecular flexibility index (Phi) is 6.03. The van der Waals surface area contributed by atoms with Gasteiger partial charge in [-0.1, -0.05) is 30.2 Å². The van der Waals surface area contributed by atoms with Gasteiger partial charge in [-0.25, -0.2) is 8.42 Å². The van der Waals surface area contributed by atoms with Crippen LogP contribution < -0.4 is 5.32 Å². The van der Waals surface area contributed by atoms with Gasteiger partial charge in [-0.3, -0.25) is 4.79 Å². The second kappa shape index (κ2) is 8.12. The molecule has 7 heteroatoms. The van der Waals surface area contributed by atoms with E-state index in [4.69, 9.17) is 0 Å². The van der Waals surface area contributed by atoms with Gasteiger partial charge in [0.1, 0.15) is 4.21 Å². The molecule has 0 saturated carbocycles. The molecule has 1 aromatic carbocycles. The number of piperidine rings is 1. The minimum absolute atomic E-state index is 0.136. The maximum Gasteiger partial charge on any atom is 0.252 e. The third-order valence-corrected chi connectivity index (χ3v) is 8.32. The minimum atomic E-state index is -3.54. The van der Waals surface area contributed by atoms with Crippen LogP contribution in [0, 0.1) is 20.8 Å². The van der Waals surface area contributed by atoms with E-state index in [0.717, 1.165) is 35.2 Å². The Balaban J connectivity index is 1.76. The normalized spacial score (nSPS) is 18.4. The highest BCUT2D eigenvalue weighted by Crippen LogP contribution is 2.30. The van der Waals surface area contributed by atoms with Crippen LogP contribution in [-0.4, -0.2) is 31.2 Å². The molecule has 146 valence electrons. The van der Waals surface area contributed by atoms with Gasteiger partial charge < -0.3 is 5.32 Å². The molecule has 0 bridgehead atoms. The van der Waals surface area contributed by atoms with E-state index < -0.39 is 10.0 Å². The Morgan fingerprint density at radius 3 is 2.56 bits per heavy atom. The number of aryl methyl sites for hydroxylation is 3. The van der Waals surface area contributed by atoms with Crippen LogP contribution >= 0.6 is 11.3 Å². The lowest BCUT2D eigenvalue weighted by molar-refractivity contribution is -0.117. The summed E-state index contributed by atoms with van der Waals surface area (Å²) < 4.78 is 27.8. The summed E-state index contributed by atoms with van der Waals surface area (Å²) in [5.74, 6) is -0.136. The number of hydrogen-bond acceptors (Lipinski definition) is 4. The summed E-state index contributed by atoms with van der Waals surface area (Å²) in [5.41, 5.74) is 4.03. The summed E-state index contributed by atoms with van der Waals surface area (Å²) in [6.45, 7) is 6.45. The van der Waals surface area contributed by atoms with Gasteiger partial charge in [0, 0.05) is 24.7 Å². The molecule has 1 fully saturated rings. The fourth-order valence-electron chi connectivity index (χ4n) is 3.80. The highest BCUT2D eigenvalue weighted by molar-refractivity contribution is 7.91. The van der Waals surface area contributed by atoms with Gasteiger partial charge >= 0.3 is 0 Å². The molecule has 1 atom stereocenters. The van der Waals surface area contributed by atoms with Crippen molar-refractivity contribution in [1.82, 2.24) is 4.31 Å². The van der Waals surface area contributed by atoms with Crippen molar-refractivity contribution in [3.05, 3.63) is 46.3 Å². The topological polar surface area (TPSA) is 66.5 Å². The summed E-state index contributed by atoms with van der Waals surface area (Å²) in [6, 6.07) is 7.15. The first-order chi connectivity index (χ1) is 12.8. The van der Waals surface area contributed by atoms with E-state index in [2.05, 4.69) is 5.32 Å². The van der Waals surface area contributed by atoms with Crippen molar-refractivity contribution in [1.29, 1.82) is 0 Å². The van der Waals surface area contributed by atoms with Crippen LogP contribution in [0.3, 0.4) is 0 Å². The van der Waals surface area contributed by atoms with Gasteiger partial charge in [-0.2, -0.15) is 4.31 Å². The Morgan fingerprint density at radius 2 is 1.93 bits per heavy atom. The summed E-state index contributed by atoms with van der Waals surface area (Å²) in [7, 11) is -3.54. The molecular weight excluding hydrogens is 380 g/mol. The van der Waals surface area contributed by atoms with Crippen LogP contribution in [0.25, 0.3) is 0 Å². The van der Waals surface area contributed by atoms with Crippen molar-refractivity contribution in [2.75, 3.05) is 11.9 Å². The van der Waals surface area contributed by atoms with E-state index in [1.165, 1.54) is 15.6 Å². The lowest BCUT2D eigenvalue weighted by atomic mass is 10.0. The molecule has 2 aromatic rings. The summed E-state index contributed by atoms with van der Waals surface area (Å²) in [4.78, 5) is 12.7. The zero-order valence-electron chi connectivity index (χ0n) is 16.0. The predicted octanol–water partition coefficient (Wildman–Crippen LogP) is 4.25. The Morgan fingerprint density at radius 1 is 1.22 bits per heavy atom. The summed E-state index contributed by atoms with van der Waals surface area (Å²) >= 11 is 1.22. The molecule has 2 heterocycles. The number of sulfonamides is 1. The molecule has 3 rings (SSSR count). The number of hydrogen-bond donors (Lipinski definition) is 1. The molecule has 1 aromatic heterocycles. The van der Waals surface area contributed by atoms with Crippen LogP contribution in [0.2, 0.25) is 0 Å². The molecule has 0 aliphatic carbocycles. The van der Waals surface area contributed by atoms with Gasteiger partial charge in [0.15, 0.2) is 0 Å².